The number of aliphatic hydroxyl groups excluding tert-OH is 3. The van der Waals surface area contributed by atoms with Crippen LogP contribution in [-0.2, 0) is 4.79 Å². The van der Waals surface area contributed by atoms with Crippen molar-refractivity contribution in [2.75, 3.05) is 6.54 Å². The zero-order valence-electron chi connectivity index (χ0n) is 9.97. The molecule has 0 saturated heterocycles. The molecule has 0 aromatic heterocycles. The van der Waals surface area contributed by atoms with Gasteiger partial charge in [-0.2, -0.15) is 0 Å². The van der Waals surface area contributed by atoms with E-state index in [1.54, 1.807) is 0 Å². The molecule has 0 aliphatic heterocycles. The second kappa shape index (κ2) is 8.64. The van der Waals surface area contributed by atoms with Crippen LogP contribution in [0.5, 0.6) is 0 Å². The molecule has 16 heavy (non-hydrogen) atoms. The van der Waals surface area contributed by atoms with Gasteiger partial charge in [0.15, 0.2) is 0 Å². The maximum atomic E-state index is 10.7. The fraction of sp³-hybridized carbons (Fsp3) is 0.909. The molecule has 0 spiro atoms. The monoisotopic (exact) mass is 233 g/mol. The van der Waals surface area contributed by atoms with Crippen LogP contribution in [0.1, 0.15) is 33.1 Å². The average Bonchev–Trinajstić information content (AvgIpc) is 2.27. The van der Waals surface area contributed by atoms with Crippen LogP contribution >= 0.6 is 0 Å². The first-order chi connectivity index (χ1) is 7.54. The van der Waals surface area contributed by atoms with Gasteiger partial charge >= 0.3 is 0 Å². The van der Waals surface area contributed by atoms with E-state index in [-0.39, 0.29) is 0 Å². The number of unbranched alkanes of at least 4 members (excludes halogenated alkanes) is 2. The minimum Gasteiger partial charge on any atom is -0.391 e. The predicted octanol–water partition coefficient (Wildman–Crippen LogP) is -0.564. The third kappa shape index (κ3) is 5.55. The topological polar surface area (TPSA) is 89.8 Å². The lowest BCUT2D eigenvalue weighted by atomic mass is 10.0. The van der Waals surface area contributed by atoms with Crippen LogP contribution in [0.25, 0.3) is 0 Å². The Morgan fingerprint density at radius 2 is 1.81 bits per heavy atom. The van der Waals surface area contributed by atoms with E-state index in [2.05, 4.69) is 12.2 Å². The molecule has 0 aromatic rings. The van der Waals surface area contributed by atoms with Crippen LogP contribution in [-0.4, -0.2) is 52.5 Å². The van der Waals surface area contributed by atoms with Crippen molar-refractivity contribution in [1.29, 1.82) is 0 Å². The molecule has 4 atom stereocenters. The highest BCUT2D eigenvalue weighted by atomic mass is 16.4. The summed E-state index contributed by atoms with van der Waals surface area (Å²) in [4.78, 5) is 10.7. The van der Waals surface area contributed by atoms with E-state index >= 15 is 0 Å². The van der Waals surface area contributed by atoms with Crippen molar-refractivity contribution in [1.82, 2.24) is 5.32 Å². The van der Waals surface area contributed by atoms with Gasteiger partial charge in [0.25, 0.3) is 0 Å². The van der Waals surface area contributed by atoms with Gasteiger partial charge in [-0.25, -0.2) is 0 Å². The van der Waals surface area contributed by atoms with Gasteiger partial charge in [-0.05, 0) is 19.9 Å². The molecule has 0 unspecified atom stereocenters. The Kier molecular flexibility index (Phi) is 8.37. The molecule has 0 aromatic carbocycles. The molecule has 0 saturated carbocycles. The molecule has 4 N–H and O–H groups in total. The van der Waals surface area contributed by atoms with Crippen LogP contribution in [0, 0.1) is 0 Å². The molecular formula is C11H23NO4. The molecule has 0 aliphatic carbocycles. The third-order valence-electron chi connectivity index (χ3n) is 2.52. The summed E-state index contributed by atoms with van der Waals surface area (Å²) in [5.74, 6) is 0. The first kappa shape index (κ1) is 15.5. The lowest BCUT2D eigenvalue weighted by Crippen LogP contribution is -2.50. The first-order valence-electron chi connectivity index (χ1n) is 5.77. The smallest absolute Gasteiger partial charge is 0.139 e. The van der Waals surface area contributed by atoms with Gasteiger partial charge in [-0.1, -0.05) is 19.8 Å². The second-order valence-electron chi connectivity index (χ2n) is 4.04. The highest BCUT2D eigenvalue weighted by Crippen LogP contribution is 2.04. The number of aliphatic hydroxyl groups is 3. The number of aldehydes is 1. The van der Waals surface area contributed by atoms with Crippen LogP contribution in [0.2, 0.25) is 0 Å². The van der Waals surface area contributed by atoms with Crippen molar-refractivity contribution in [3.8, 4) is 0 Å². The predicted molar refractivity (Wildman–Crippen MR) is 61.1 cm³/mol. The second-order valence-corrected chi connectivity index (χ2v) is 4.04. The highest BCUT2D eigenvalue weighted by molar-refractivity contribution is 5.58. The highest BCUT2D eigenvalue weighted by Gasteiger charge is 2.28. The largest absolute Gasteiger partial charge is 0.391 e. The molecule has 0 radical (unpaired) electrons. The normalized spacial score (nSPS) is 18.8. The number of nitrogens with one attached hydrogen (secondary N) is 1. The van der Waals surface area contributed by atoms with Crippen molar-refractivity contribution >= 4 is 6.29 Å². The maximum absolute atomic E-state index is 10.7. The van der Waals surface area contributed by atoms with Crippen LogP contribution < -0.4 is 5.32 Å². The van der Waals surface area contributed by atoms with Gasteiger partial charge in [0.2, 0.25) is 0 Å². The van der Waals surface area contributed by atoms with Crippen LogP contribution in [0.3, 0.4) is 0 Å². The minimum absolute atomic E-state index is 0.558. The van der Waals surface area contributed by atoms with E-state index in [0.717, 1.165) is 19.3 Å². The Morgan fingerprint density at radius 3 is 2.25 bits per heavy atom. The molecule has 0 aliphatic rings. The van der Waals surface area contributed by atoms with Gasteiger partial charge in [-0.15, -0.1) is 0 Å². The van der Waals surface area contributed by atoms with Crippen molar-refractivity contribution in [2.45, 2.75) is 57.5 Å². The van der Waals surface area contributed by atoms with Gasteiger partial charge in [0.05, 0.1) is 12.1 Å². The summed E-state index contributed by atoms with van der Waals surface area (Å²) in [5, 5.41) is 30.9. The van der Waals surface area contributed by atoms with Crippen LogP contribution in [0.15, 0.2) is 0 Å². The molecule has 0 amide bonds. The van der Waals surface area contributed by atoms with Crippen molar-refractivity contribution in [3.63, 3.8) is 0 Å². The Labute approximate surface area is 96.5 Å². The summed E-state index contributed by atoms with van der Waals surface area (Å²) in [6.07, 6.45) is -0.0524. The SMILES string of the molecule is CCCCCN[C@@H](C=O)[C@@H](O)[C@H](O)[C@@H](C)O. The quantitative estimate of drug-likeness (QED) is 0.316. The number of hydrogen-bond acceptors (Lipinski definition) is 5. The van der Waals surface area contributed by atoms with Gasteiger partial charge in [-0.3, -0.25) is 0 Å². The van der Waals surface area contributed by atoms with E-state index < -0.39 is 24.4 Å². The molecule has 0 rings (SSSR count). The standard InChI is InChI=1S/C11H23NO4/c1-3-4-5-6-12-9(7-13)11(16)10(15)8(2)14/h7-12,14-16H,3-6H2,1-2H3/t8-,9+,10-,11-/m1/s1. The van der Waals surface area contributed by atoms with Gasteiger partial charge in [0.1, 0.15) is 18.5 Å². The number of rotatable bonds is 9. The Morgan fingerprint density at radius 1 is 1.19 bits per heavy atom. The molecule has 0 fully saturated rings. The van der Waals surface area contributed by atoms with Crippen LogP contribution in [0.4, 0.5) is 0 Å². The lowest BCUT2D eigenvalue weighted by Gasteiger charge is -2.25. The number of carbonyl (C=O) groups excluding carboxylic acids is 1. The first-order valence-corrected chi connectivity index (χ1v) is 5.77. The summed E-state index contributed by atoms with van der Waals surface area (Å²) in [6, 6.07) is -0.832. The van der Waals surface area contributed by atoms with E-state index in [1.807, 2.05) is 0 Å². The van der Waals surface area contributed by atoms with Gasteiger partial charge in [0, 0.05) is 0 Å². The van der Waals surface area contributed by atoms with Crippen molar-refractivity contribution in [2.24, 2.45) is 0 Å². The van der Waals surface area contributed by atoms with E-state index in [1.165, 1.54) is 6.92 Å². The molecule has 5 heteroatoms. The third-order valence-corrected chi connectivity index (χ3v) is 2.52. The number of hydrogen-bond donors (Lipinski definition) is 4. The van der Waals surface area contributed by atoms with Crippen molar-refractivity contribution in [3.05, 3.63) is 0 Å². The maximum Gasteiger partial charge on any atom is 0.139 e. The summed E-state index contributed by atoms with van der Waals surface area (Å²) < 4.78 is 0. The fourth-order valence-corrected chi connectivity index (χ4v) is 1.39. The van der Waals surface area contributed by atoms with Gasteiger partial charge < -0.3 is 25.4 Å². The lowest BCUT2D eigenvalue weighted by molar-refractivity contribution is -0.117. The zero-order valence-corrected chi connectivity index (χ0v) is 9.97. The average molecular weight is 233 g/mol. The summed E-state index contributed by atoms with van der Waals surface area (Å²) in [7, 11) is 0. The summed E-state index contributed by atoms with van der Waals surface area (Å²) in [6.45, 7) is 4.05. The Hall–Kier alpha value is -0.490. The minimum atomic E-state index is -1.31. The Bertz CT molecular complexity index is 187. The number of carbonyl (C=O) groups is 1. The molecule has 96 valence electrons. The molecular weight excluding hydrogens is 210 g/mol. The molecule has 5 nitrogen and oxygen atoms in total. The van der Waals surface area contributed by atoms with E-state index in [9.17, 15) is 15.0 Å². The fourth-order valence-electron chi connectivity index (χ4n) is 1.39. The molecule has 0 bridgehead atoms. The summed E-state index contributed by atoms with van der Waals surface area (Å²) in [5.41, 5.74) is 0. The Balaban J connectivity index is 4.01. The molecule has 0 heterocycles. The summed E-state index contributed by atoms with van der Waals surface area (Å²) >= 11 is 0. The van der Waals surface area contributed by atoms with Crippen molar-refractivity contribution < 1.29 is 20.1 Å². The van der Waals surface area contributed by atoms with E-state index in [0.29, 0.717) is 12.8 Å². The zero-order chi connectivity index (χ0) is 12.6. The van der Waals surface area contributed by atoms with E-state index in [4.69, 9.17) is 5.11 Å².